The van der Waals surface area contributed by atoms with Crippen LogP contribution in [0.2, 0.25) is 0 Å². The number of carbonyl (C=O) groups is 2. The summed E-state index contributed by atoms with van der Waals surface area (Å²) in [5.74, 6) is 0.941. The second-order valence-electron chi connectivity index (χ2n) is 9.34. The number of halogens is 6. The average molecular weight is 609 g/mol. The molecule has 0 saturated carbocycles. The van der Waals surface area contributed by atoms with Crippen LogP contribution in [0.1, 0.15) is 54.1 Å². The maximum atomic E-state index is 13.5. The first-order chi connectivity index (χ1) is 19.2. The van der Waals surface area contributed by atoms with Crippen molar-refractivity contribution in [1.29, 1.82) is 0 Å². The lowest BCUT2D eigenvalue weighted by atomic mass is 9.89. The number of nitrogens with zero attached hydrogens (tertiary/aromatic N) is 2. The van der Waals surface area contributed by atoms with E-state index in [4.69, 9.17) is 14.2 Å². The van der Waals surface area contributed by atoms with Crippen LogP contribution in [0.15, 0.2) is 30.3 Å². The lowest BCUT2D eigenvalue weighted by Crippen LogP contribution is -2.47. The number of fused-ring (bicyclic) bond motifs is 1. The van der Waals surface area contributed by atoms with Crippen molar-refractivity contribution in [2.45, 2.75) is 57.0 Å². The Bertz CT molecular complexity index is 1240. The smallest absolute Gasteiger partial charge is 0.416 e. The molecule has 41 heavy (non-hydrogen) atoms. The highest BCUT2D eigenvalue weighted by molar-refractivity contribution is 7.97. The molecule has 226 valence electrons. The first-order valence-corrected chi connectivity index (χ1v) is 13.8. The summed E-state index contributed by atoms with van der Waals surface area (Å²) in [6.07, 6.45) is -9.78. The lowest BCUT2D eigenvalue weighted by molar-refractivity contribution is -0.143. The minimum atomic E-state index is -5.05. The summed E-state index contributed by atoms with van der Waals surface area (Å²) in [6.45, 7) is 2.80. The van der Waals surface area contributed by atoms with Crippen molar-refractivity contribution >= 4 is 29.6 Å². The summed E-state index contributed by atoms with van der Waals surface area (Å²) >= 11 is 1.48. The molecule has 2 atom stereocenters. The first kappa shape index (κ1) is 32.2. The Morgan fingerprint density at radius 3 is 2.12 bits per heavy atom. The highest BCUT2D eigenvalue weighted by Crippen LogP contribution is 2.45. The zero-order valence-corrected chi connectivity index (χ0v) is 23.8. The van der Waals surface area contributed by atoms with Gasteiger partial charge in [-0.1, -0.05) is 0 Å². The summed E-state index contributed by atoms with van der Waals surface area (Å²) < 4.78 is 96.9. The van der Waals surface area contributed by atoms with E-state index in [-0.39, 0.29) is 19.1 Å². The van der Waals surface area contributed by atoms with Gasteiger partial charge in [-0.15, -0.1) is 0 Å². The maximum Gasteiger partial charge on any atom is 0.416 e. The van der Waals surface area contributed by atoms with Crippen LogP contribution < -0.4 is 9.64 Å². The maximum absolute atomic E-state index is 13.5. The van der Waals surface area contributed by atoms with Crippen molar-refractivity contribution in [2.75, 3.05) is 32.0 Å². The molecule has 7 nitrogen and oxygen atoms in total. The Hall–Kier alpha value is -3.29. The fraction of sp³-hybridized carbons (Fsp3) is 0.481. The molecule has 14 heteroatoms. The summed E-state index contributed by atoms with van der Waals surface area (Å²) in [5, 5.41) is 0. The van der Waals surface area contributed by atoms with Gasteiger partial charge in [-0.25, -0.2) is 9.59 Å². The van der Waals surface area contributed by atoms with Crippen LogP contribution in [-0.4, -0.2) is 50.2 Å². The zero-order chi connectivity index (χ0) is 30.7. The Morgan fingerprint density at radius 2 is 1.63 bits per heavy atom. The molecule has 1 aliphatic heterocycles. The minimum absolute atomic E-state index is 0.0299. The zero-order valence-electron chi connectivity index (χ0n) is 23.0. The first-order valence-electron chi connectivity index (χ1n) is 12.4. The van der Waals surface area contributed by atoms with Crippen LogP contribution in [-0.2, 0) is 34.1 Å². The molecule has 1 aliphatic rings. The van der Waals surface area contributed by atoms with E-state index in [1.165, 1.54) is 23.8 Å². The molecule has 0 bridgehead atoms. The summed E-state index contributed by atoms with van der Waals surface area (Å²) in [7, 11) is 2.52. The van der Waals surface area contributed by atoms with E-state index >= 15 is 0 Å². The molecular weight excluding hydrogens is 578 g/mol. The molecule has 0 unspecified atom stereocenters. The number of anilines is 1. The van der Waals surface area contributed by atoms with Crippen LogP contribution in [0.25, 0.3) is 0 Å². The topological polar surface area (TPSA) is 68.3 Å². The molecule has 0 spiro atoms. The fourth-order valence-electron chi connectivity index (χ4n) is 4.85. The predicted molar refractivity (Wildman–Crippen MR) is 141 cm³/mol. The van der Waals surface area contributed by atoms with Gasteiger partial charge < -0.3 is 14.2 Å². The van der Waals surface area contributed by atoms with Crippen molar-refractivity contribution in [1.82, 2.24) is 4.90 Å². The van der Waals surface area contributed by atoms with Crippen LogP contribution in [0.4, 0.5) is 41.6 Å². The van der Waals surface area contributed by atoms with E-state index < -0.39 is 59.9 Å². The van der Waals surface area contributed by atoms with Crippen molar-refractivity contribution in [3.8, 4) is 5.75 Å². The molecule has 0 radical (unpaired) electrons. The number of thioether (sulfide) groups is 1. The molecule has 0 aromatic heterocycles. The summed E-state index contributed by atoms with van der Waals surface area (Å²) in [4.78, 5) is 28.5. The number of hydrogen-bond donors (Lipinski definition) is 0. The van der Waals surface area contributed by atoms with E-state index in [0.717, 1.165) is 12.0 Å². The van der Waals surface area contributed by atoms with Gasteiger partial charge in [0.2, 0.25) is 0 Å². The Balaban J connectivity index is 2.22. The van der Waals surface area contributed by atoms with Gasteiger partial charge in [-0.3, -0.25) is 9.80 Å². The molecule has 0 saturated heterocycles. The summed E-state index contributed by atoms with van der Waals surface area (Å²) in [6, 6.07) is 3.06. The lowest BCUT2D eigenvalue weighted by Gasteiger charge is -2.43. The van der Waals surface area contributed by atoms with Crippen LogP contribution >= 0.6 is 11.8 Å². The van der Waals surface area contributed by atoms with Crippen LogP contribution in [0.3, 0.4) is 0 Å². The molecule has 2 aromatic rings. The second kappa shape index (κ2) is 12.7. The fourth-order valence-corrected chi connectivity index (χ4v) is 5.39. The average Bonchev–Trinajstić information content (AvgIpc) is 2.89. The third-order valence-electron chi connectivity index (χ3n) is 6.60. The predicted octanol–water partition coefficient (Wildman–Crippen LogP) is 7.66. The van der Waals surface area contributed by atoms with E-state index in [9.17, 15) is 35.9 Å². The highest BCUT2D eigenvalue weighted by Gasteiger charge is 2.41. The van der Waals surface area contributed by atoms with Gasteiger partial charge in [-0.05, 0) is 61.9 Å². The molecule has 0 aliphatic carbocycles. The molecule has 0 fully saturated rings. The van der Waals surface area contributed by atoms with Crippen LogP contribution in [0.5, 0.6) is 5.75 Å². The molecule has 0 N–H and O–H groups in total. The number of benzene rings is 2. The number of ether oxygens (including phenoxy) is 3. The normalized spacial score (nSPS) is 17.1. The van der Waals surface area contributed by atoms with Gasteiger partial charge in [0, 0.05) is 30.0 Å². The van der Waals surface area contributed by atoms with E-state index in [0.29, 0.717) is 40.4 Å². The van der Waals surface area contributed by atoms with E-state index in [2.05, 4.69) is 0 Å². The number of methoxy groups -OCH3 is 2. The van der Waals surface area contributed by atoms with Crippen LogP contribution in [0, 0.1) is 0 Å². The quantitative estimate of drug-likeness (QED) is 0.301. The van der Waals surface area contributed by atoms with E-state index in [1.807, 2.05) is 6.26 Å². The van der Waals surface area contributed by atoms with Gasteiger partial charge in [-0.2, -0.15) is 38.1 Å². The summed E-state index contributed by atoms with van der Waals surface area (Å²) in [5.41, 5.74) is -1.89. The molecule has 3 rings (SSSR count). The number of rotatable bonds is 7. The van der Waals surface area contributed by atoms with Gasteiger partial charge in [0.25, 0.3) is 0 Å². The monoisotopic (exact) mass is 608 g/mol. The van der Waals surface area contributed by atoms with Crippen molar-refractivity contribution in [2.24, 2.45) is 0 Å². The number of alkyl halides is 6. The van der Waals surface area contributed by atoms with Gasteiger partial charge in [0.15, 0.2) is 0 Å². The van der Waals surface area contributed by atoms with Gasteiger partial charge in [0.1, 0.15) is 5.75 Å². The Kier molecular flexibility index (Phi) is 9.98. The SMILES string of the molecule is CCOC(=O)N1c2cc(OC)c(CSC)cc2[C@@H](N(Cc2cc(C(F)(F)F)cc(C(F)(F)F)c2)C(=O)OC)C[C@H]1C. The third-order valence-corrected chi connectivity index (χ3v) is 7.20. The molecule has 2 amide bonds. The molecule has 1 heterocycles. The minimum Gasteiger partial charge on any atom is -0.496 e. The largest absolute Gasteiger partial charge is 0.496 e. The van der Waals surface area contributed by atoms with Crippen molar-refractivity contribution in [3.63, 3.8) is 0 Å². The Morgan fingerprint density at radius 1 is 1.02 bits per heavy atom. The molecular formula is C27H30F6N2O5S. The Labute approximate surface area is 237 Å². The number of carbonyl (C=O) groups excluding carboxylic acids is 2. The second-order valence-corrected chi connectivity index (χ2v) is 10.2. The number of amides is 2. The molecule has 2 aromatic carbocycles. The van der Waals surface area contributed by atoms with Gasteiger partial charge >= 0.3 is 24.5 Å². The van der Waals surface area contributed by atoms with Gasteiger partial charge in [0.05, 0.1) is 43.7 Å². The van der Waals surface area contributed by atoms with Crippen molar-refractivity contribution < 1.29 is 50.1 Å². The standard InChI is InChI=1S/C27H30F6N2O5S/c1-6-40-25(37)35-15(2)7-21(20-10-17(14-41-5)23(38-3)12-22(20)35)34(24(36)39-4)13-16-8-18(26(28,29)30)11-19(9-16)27(31,32)33/h8-12,15,21H,6-7,13-14H2,1-5H3/t15-,21+/m1/s1. The van der Waals surface area contributed by atoms with E-state index in [1.54, 1.807) is 26.0 Å². The third kappa shape index (κ3) is 7.14. The number of hydrogen-bond acceptors (Lipinski definition) is 6. The highest BCUT2D eigenvalue weighted by atomic mass is 32.2. The van der Waals surface area contributed by atoms with Crippen molar-refractivity contribution in [3.05, 3.63) is 58.1 Å².